The summed E-state index contributed by atoms with van der Waals surface area (Å²) in [6.07, 6.45) is -18.5. The van der Waals surface area contributed by atoms with Gasteiger partial charge in [0.15, 0.2) is 13.2 Å². The fourth-order valence-corrected chi connectivity index (χ4v) is 3.13. The maximum Gasteiger partial charge on any atom is 0.460 e. The second kappa shape index (κ2) is 15.0. The highest BCUT2D eigenvalue weighted by atomic mass is 19.4. The van der Waals surface area contributed by atoms with Crippen molar-refractivity contribution in [1.82, 2.24) is 0 Å². The van der Waals surface area contributed by atoms with Crippen LogP contribution >= 0.6 is 0 Å². The van der Waals surface area contributed by atoms with Gasteiger partial charge in [-0.05, 0) is 0 Å². The standard InChI is InChI=1S/C22H6F34O4/c23-7(24,9(27,28)11(31,32)13(35,36)15(39,40)17(43,44)19(47,48)21(51,52)53)3-59-5(57)1-2-6(58)60-4-8(25,26)10(29,30)12(33,34)14(37,38)16(41,42)18(45,46)20(49,50)22(54,55)56/h1-2H,3-4H2/b2-1+. The quantitative estimate of drug-likeness (QED) is 0.0780. The Hall–Kier alpha value is -3.70. The molecular weight excluding hydrogens is 974 g/mol. The smallest absolute Gasteiger partial charge is 0.456 e. The Morgan fingerprint density at radius 2 is 0.417 bits per heavy atom. The Morgan fingerprint density at radius 1 is 0.267 bits per heavy atom. The van der Waals surface area contributed by atoms with Gasteiger partial charge in [-0.3, -0.25) is 0 Å². The first kappa shape index (κ1) is 56.3. The maximum absolute atomic E-state index is 13.7. The minimum Gasteiger partial charge on any atom is -0.456 e. The molecule has 0 aromatic carbocycles. The van der Waals surface area contributed by atoms with E-state index in [1.54, 1.807) is 0 Å². The van der Waals surface area contributed by atoms with E-state index in [1.807, 2.05) is 0 Å². The molecule has 0 aromatic rings. The SMILES string of the molecule is O=C(/C=C/C(=O)OCC(F)(F)C(F)(F)C(F)(F)C(F)(F)C(F)(F)C(F)(F)C(F)(F)C(F)(F)F)OCC(F)(F)C(F)(F)C(F)(F)C(F)(F)C(F)(F)C(F)(F)C(F)(F)C(F)(F)F. The molecule has 60 heavy (non-hydrogen) atoms. The zero-order valence-corrected chi connectivity index (χ0v) is 26.1. The van der Waals surface area contributed by atoms with Gasteiger partial charge >= 0.3 is 107 Å². The molecule has 0 saturated heterocycles. The normalized spacial score (nSPS) is 16.4. The summed E-state index contributed by atoms with van der Waals surface area (Å²) < 4.78 is 455. The average Bonchev–Trinajstić information content (AvgIpc) is 3.03. The Balaban J connectivity index is 6.27. The number of ether oxygens (including phenoxy) is 2. The van der Waals surface area contributed by atoms with Crippen molar-refractivity contribution in [3.63, 3.8) is 0 Å². The first-order valence-corrected chi connectivity index (χ1v) is 12.9. The minimum absolute atomic E-state index is 1.14. The van der Waals surface area contributed by atoms with Crippen LogP contribution < -0.4 is 0 Å². The van der Waals surface area contributed by atoms with Crippen molar-refractivity contribution in [2.24, 2.45) is 0 Å². The van der Waals surface area contributed by atoms with Crippen LogP contribution in [0.15, 0.2) is 12.2 Å². The monoisotopic (exact) mass is 980 g/mol. The molecule has 0 unspecified atom stereocenters. The molecule has 0 atom stereocenters. The lowest BCUT2D eigenvalue weighted by Gasteiger charge is -2.42. The molecule has 356 valence electrons. The number of alkyl halides is 34. The lowest BCUT2D eigenvalue weighted by Crippen LogP contribution is -2.74. The molecule has 0 heterocycles. The van der Waals surface area contributed by atoms with Gasteiger partial charge in [-0.1, -0.05) is 0 Å². The molecule has 0 spiro atoms. The van der Waals surface area contributed by atoms with Crippen molar-refractivity contribution >= 4 is 11.9 Å². The molecular formula is C22H6F34O4. The van der Waals surface area contributed by atoms with Crippen LogP contribution in [-0.4, -0.2) is 120 Å². The van der Waals surface area contributed by atoms with Gasteiger partial charge < -0.3 is 9.47 Å². The second-order valence-electron chi connectivity index (χ2n) is 10.8. The summed E-state index contributed by atoms with van der Waals surface area (Å²) in [7, 11) is 0. The summed E-state index contributed by atoms with van der Waals surface area (Å²) in [5, 5.41) is 0. The van der Waals surface area contributed by atoms with Gasteiger partial charge in [0.1, 0.15) is 0 Å². The largest absolute Gasteiger partial charge is 0.460 e. The van der Waals surface area contributed by atoms with E-state index in [2.05, 4.69) is 9.47 Å². The van der Waals surface area contributed by atoms with Gasteiger partial charge in [-0.15, -0.1) is 0 Å². The van der Waals surface area contributed by atoms with Crippen LogP contribution in [0.1, 0.15) is 0 Å². The molecule has 0 saturated carbocycles. The van der Waals surface area contributed by atoms with Crippen molar-refractivity contribution in [1.29, 1.82) is 0 Å². The van der Waals surface area contributed by atoms with Gasteiger partial charge in [-0.25, -0.2) is 9.59 Å². The second-order valence-corrected chi connectivity index (χ2v) is 10.8. The first-order chi connectivity index (χ1) is 25.5. The Morgan fingerprint density at radius 3 is 0.583 bits per heavy atom. The van der Waals surface area contributed by atoms with E-state index in [-0.39, 0.29) is 0 Å². The molecule has 0 N–H and O–H groups in total. The predicted octanol–water partition coefficient (Wildman–Crippen LogP) is 10.6. The van der Waals surface area contributed by atoms with E-state index < -0.39 is 133 Å². The molecule has 0 radical (unpaired) electrons. The van der Waals surface area contributed by atoms with E-state index in [9.17, 15) is 159 Å². The van der Waals surface area contributed by atoms with Crippen molar-refractivity contribution in [2.75, 3.05) is 13.2 Å². The third-order valence-corrected chi connectivity index (χ3v) is 6.72. The number of carbonyl (C=O) groups is 2. The molecule has 0 aromatic heterocycles. The van der Waals surface area contributed by atoms with E-state index >= 15 is 0 Å². The molecule has 0 rings (SSSR count). The van der Waals surface area contributed by atoms with Crippen LogP contribution in [0.2, 0.25) is 0 Å². The highest BCUT2D eigenvalue weighted by Gasteiger charge is 2.97. The summed E-state index contributed by atoms with van der Waals surface area (Å²) >= 11 is 0. The Labute approximate surface area is 302 Å². The van der Waals surface area contributed by atoms with Crippen LogP contribution in [0.3, 0.4) is 0 Å². The van der Waals surface area contributed by atoms with Crippen molar-refractivity contribution in [3.8, 4) is 0 Å². The first-order valence-electron chi connectivity index (χ1n) is 12.9. The van der Waals surface area contributed by atoms with Crippen molar-refractivity contribution in [3.05, 3.63) is 12.2 Å². The van der Waals surface area contributed by atoms with Crippen LogP contribution in [0.5, 0.6) is 0 Å². The van der Waals surface area contributed by atoms with E-state index in [0.717, 1.165) is 0 Å². The van der Waals surface area contributed by atoms with E-state index in [1.165, 1.54) is 0 Å². The van der Waals surface area contributed by atoms with Gasteiger partial charge in [0.05, 0.1) is 0 Å². The van der Waals surface area contributed by atoms with Gasteiger partial charge in [0.25, 0.3) is 0 Å². The lowest BCUT2D eigenvalue weighted by molar-refractivity contribution is -0.462. The Bertz CT molecular complexity index is 1480. The fourth-order valence-electron chi connectivity index (χ4n) is 3.13. The minimum atomic E-state index is -9.11. The number of carbonyl (C=O) groups excluding carboxylic acids is 2. The number of hydrogen-bond acceptors (Lipinski definition) is 4. The summed E-state index contributed by atoms with van der Waals surface area (Å²) in [5.74, 6) is -127. The Kier molecular flexibility index (Phi) is 14.1. The van der Waals surface area contributed by atoms with Crippen molar-refractivity contribution in [2.45, 2.75) is 95.3 Å². The highest BCUT2D eigenvalue weighted by molar-refractivity contribution is 5.91. The van der Waals surface area contributed by atoms with E-state index in [4.69, 9.17) is 0 Å². The zero-order valence-electron chi connectivity index (χ0n) is 26.1. The molecule has 0 fully saturated rings. The molecule has 0 amide bonds. The summed E-state index contributed by atoms with van der Waals surface area (Å²) in [6.45, 7) is -8.06. The molecule has 0 aliphatic rings. The van der Waals surface area contributed by atoms with Crippen LogP contribution in [0.25, 0.3) is 0 Å². The summed E-state index contributed by atoms with van der Waals surface area (Å²) in [4.78, 5) is 22.5. The van der Waals surface area contributed by atoms with Crippen molar-refractivity contribution < 1.29 is 168 Å². The predicted molar refractivity (Wildman–Crippen MR) is 112 cm³/mol. The third kappa shape index (κ3) is 7.95. The van der Waals surface area contributed by atoms with Crippen LogP contribution in [0, 0.1) is 0 Å². The lowest BCUT2D eigenvalue weighted by atomic mass is 9.89. The van der Waals surface area contributed by atoms with Crippen LogP contribution in [0.4, 0.5) is 149 Å². The fraction of sp³-hybridized carbons (Fsp3) is 0.818. The van der Waals surface area contributed by atoms with Gasteiger partial charge in [0.2, 0.25) is 0 Å². The molecule has 0 aliphatic carbocycles. The van der Waals surface area contributed by atoms with E-state index in [0.29, 0.717) is 0 Å². The number of esters is 2. The average molecular weight is 980 g/mol. The topological polar surface area (TPSA) is 52.6 Å². The maximum atomic E-state index is 13.7. The van der Waals surface area contributed by atoms with Gasteiger partial charge in [0, 0.05) is 12.2 Å². The van der Waals surface area contributed by atoms with Crippen LogP contribution in [-0.2, 0) is 19.1 Å². The molecule has 0 aliphatic heterocycles. The zero-order chi connectivity index (χ0) is 49.4. The number of hydrogen-bond donors (Lipinski definition) is 0. The highest BCUT2D eigenvalue weighted by Crippen LogP contribution is 2.66. The molecule has 0 bridgehead atoms. The molecule has 38 heteroatoms. The summed E-state index contributed by atoms with van der Waals surface area (Å²) in [6, 6.07) is 0. The van der Waals surface area contributed by atoms with Gasteiger partial charge in [-0.2, -0.15) is 149 Å². The number of halogens is 34. The third-order valence-electron chi connectivity index (χ3n) is 6.72. The molecule has 4 nitrogen and oxygen atoms in total. The summed E-state index contributed by atoms with van der Waals surface area (Å²) in [5.41, 5.74) is 0. The number of rotatable bonds is 18.